The van der Waals surface area contributed by atoms with Gasteiger partial charge in [-0.2, -0.15) is 0 Å². The van der Waals surface area contributed by atoms with Crippen molar-refractivity contribution in [3.63, 3.8) is 0 Å². The van der Waals surface area contributed by atoms with Gasteiger partial charge in [-0.15, -0.1) is 0 Å². The van der Waals surface area contributed by atoms with Gasteiger partial charge < -0.3 is 10.2 Å². The Hall–Kier alpha value is -0.800. The van der Waals surface area contributed by atoms with Crippen LogP contribution in [0.25, 0.3) is 0 Å². The van der Waals surface area contributed by atoms with Crippen LogP contribution in [0.15, 0.2) is 10.5 Å². The molecule has 0 spiro atoms. The third-order valence-electron chi connectivity index (χ3n) is 3.96. The van der Waals surface area contributed by atoms with Gasteiger partial charge in [0, 0.05) is 12.1 Å². The highest BCUT2D eigenvalue weighted by Crippen LogP contribution is 2.22. The summed E-state index contributed by atoms with van der Waals surface area (Å²) in [5.74, 6) is 2.98. The monoisotopic (exact) mass is 236 g/mol. The van der Waals surface area contributed by atoms with Crippen LogP contribution in [-0.2, 0) is 13.1 Å². The van der Waals surface area contributed by atoms with Gasteiger partial charge in [0.2, 0.25) is 0 Å². The van der Waals surface area contributed by atoms with Crippen molar-refractivity contribution in [2.24, 2.45) is 11.7 Å². The van der Waals surface area contributed by atoms with E-state index in [-0.39, 0.29) is 0 Å². The summed E-state index contributed by atoms with van der Waals surface area (Å²) in [4.78, 5) is 2.49. The lowest BCUT2D eigenvalue weighted by molar-refractivity contribution is 0.164. The largest absolute Gasteiger partial charge is 0.465 e. The lowest BCUT2D eigenvalue weighted by atomic mass is 9.94. The molecule has 0 amide bonds. The van der Waals surface area contributed by atoms with E-state index < -0.39 is 0 Å². The summed E-state index contributed by atoms with van der Waals surface area (Å²) in [6.45, 7) is 8.22. The number of hydrogen-bond acceptors (Lipinski definition) is 3. The molecule has 96 valence electrons. The summed E-state index contributed by atoms with van der Waals surface area (Å²) in [5.41, 5.74) is 6.80. The molecule has 0 aliphatic carbocycles. The van der Waals surface area contributed by atoms with Crippen molar-refractivity contribution >= 4 is 0 Å². The molecule has 2 heterocycles. The van der Waals surface area contributed by atoms with Crippen molar-refractivity contribution in [1.82, 2.24) is 4.90 Å². The maximum absolute atomic E-state index is 5.74. The first-order valence-corrected chi connectivity index (χ1v) is 6.73. The molecular formula is C14H24N2O. The standard InChI is InChI=1S/C14H24N2O/c1-3-12-4-6-16(7-5-12)10-14-8-13(9-15)11(2)17-14/h8,12H,3-7,9-10,15H2,1-2H3. The highest BCUT2D eigenvalue weighted by Gasteiger charge is 2.19. The van der Waals surface area contributed by atoms with E-state index in [4.69, 9.17) is 10.2 Å². The molecule has 1 aliphatic heterocycles. The van der Waals surface area contributed by atoms with E-state index in [1.165, 1.54) is 32.4 Å². The molecule has 0 unspecified atom stereocenters. The Morgan fingerprint density at radius 2 is 2.12 bits per heavy atom. The Balaban J connectivity index is 1.88. The van der Waals surface area contributed by atoms with Crippen LogP contribution in [-0.4, -0.2) is 18.0 Å². The number of aryl methyl sites for hydroxylation is 1. The van der Waals surface area contributed by atoms with Crippen molar-refractivity contribution in [1.29, 1.82) is 0 Å². The summed E-state index contributed by atoms with van der Waals surface area (Å²) in [7, 11) is 0. The average Bonchev–Trinajstić information content (AvgIpc) is 2.70. The first kappa shape index (κ1) is 12.7. The zero-order chi connectivity index (χ0) is 12.3. The Morgan fingerprint density at radius 3 is 2.65 bits per heavy atom. The van der Waals surface area contributed by atoms with E-state index in [1.54, 1.807) is 0 Å². The Kier molecular flexibility index (Phi) is 4.24. The quantitative estimate of drug-likeness (QED) is 0.874. The predicted molar refractivity (Wildman–Crippen MR) is 69.6 cm³/mol. The average molecular weight is 236 g/mol. The van der Waals surface area contributed by atoms with Crippen LogP contribution < -0.4 is 5.73 Å². The van der Waals surface area contributed by atoms with Crippen LogP contribution >= 0.6 is 0 Å². The molecule has 2 rings (SSSR count). The summed E-state index contributed by atoms with van der Waals surface area (Å²) < 4.78 is 5.74. The molecule has 1 aromatic heterocycles. The highest BCUT2D eigenvalue weighted by atomic mass is 16.3. The zero-order valence-electron chi connectivity index (χ0n) is 11.0. The summed E-state index contributed by atoms with van der Waals surface area (Å²) in [6, 6.07) is 2.11. The number of likely N-dealkylation sites (tertiary alicyclic amines) is 1. The van der Waals surface area contributed by atoms with Crippen LogP contribution in [0.2, 0.25) is 0 Å². The van der Waals surface area contributed by atoms with Crippen LogP contribution in [0.4, 0.5) is 0 Å². The summed E-state index contributed by atoms with van der Waals surface area (Å²) >= 11 is 0. The summed E-state index contributed by atoms with van der Waals surface area (Å²) in [5, 5.41) is 0. The number of rotatable bonds is 4. The second-order valence-electron chi connectivity index (χ2n) is 5.13. The minimum absolute atomic E-state index is 0.577. The molecule has 1 aromatic rings. The molecule has 2 N–H and O–H groups in total. The molecule has 1 aliphatic rings. The normalized spacial score (nSPS) is 18.8. The third-order valence-corrected chi connectivity index (χ3v) is 3.96. The second-order valence-corrected chi connectivity index (χ2v) is 5.13. The fraction of sp³-hybridized carbons (Fsp3) is 0.714. The lowest BCUT2D eigenvalue weighted by Gasteiger charge is -2.30. The molecule has 3 heteroatoms. The van der Waals surface area contributed by atoms with E-state index >= 15 is 0 Å². The van der Waals surface area contributed by atoms with Crippen molar-refractivity contribution in [3.05, 3.63) is 23.2 Å². The first-order valence-electron chi connectivity index (χ1n) is 6.73. The number of nitrogens with zero attached hydrogens (tertiary/aromatic N) is 1. The smallest absolute Gasteiger partial charge is 0.118 e. The summed E-state index contributed by atoms with van der Waals surface area (Å²) in [6.07, 6.45) is 3.99. The number of nitrogens with two attached hydrogens (primary N) is 1. The lowest BCUT2D eigenvalue weighted by Crippen LogP contribution is -2.32. The molecule has 0 saturated carbocycles. The van der Waals surface area contributed by atoms with Gasteiger partial charge in [-0.05, 0) is 44.8 Å². The highest BCUT2D eigenvalue weighted by molar-refractivity contribution is 5.20. The van der Waals surface area contributed by atoms with Gasteiger partial charge in [0.25, 0.3) is 0 Å². The SMILES string of the molecule is CCC1CCN(Cc2cc(CN)c(C)o2)CC1. The van der Waals surface area contributed by atoms with Crippen LogP contribution in [0.3, 0.4) is 0 Å². The predicted octanol–water partition coefficient (Wildman–Crippen LogP) is 2.67. The van der Waals surface area contributed by atoms with Crippen LogP contribution in [0.5, 0.6) is 0 Å². The van der Waals surface area contributed by atoms with Gasteiger partial charge in [0.05, 0.1) is 6.54 Å². The van der Waals surface area contributed by atoms with Gasteiger partial charge in [0.15, 0.2) is 0 Å². The molecule has 1 saturated heterocycles. The molecule has 0 bridgehead atoms. The third kappa shape index (κ3) is 3.11. The number of piperidine rings is 1. The minimum Gasteiger partial charge on any atom is -0.465 e. The fourth-order valence-electron chi connectivity index (χ4n) is 2.64. The van der Waals surface area contributed by atoms with E-state index in [0.717, 1.165) is 29.5 Å². The van der Waals surface area contributed by atoms with Gasteiger partial charge >= 0.3 is 0 Å². The van der Waals surface area contributed by atoms with Gasteiger partial charge in [0.1, 0.15) is 11.5 Å². The second kappa shape index (κ2) is 5.69. The van der Waals surface area contributed by atoms with Crippen LogP contribution in [0, 0.1) is 12.8 Å². The Bertz CT molecular complexity index is 351. The van der Waals surface area contributed by atoms with E-state index in [0.29, 0.717) is 6.54 Å². The minimum atomic E-state index is 0.577. The molecular weight excluding hydrogens is 212 g/mol. The van der Waals surface area contributed by atoms with Crippen molar-refractivity contribution in [2.75, 3.05) is 13.1 Å². The van der Waals surface area contributed by atoms with Crippen molar-refractivity contribution < 1.29 is 4.42 Å². The van der Waals surface area contributed by atoms with Crippen molar-refractivity contribution in [3.8, 4) is 0 Å². The van der Waals surface area contributed by atoms with E-state index in [9.17, 15) is 0 Å². The molecule has 0 atom stereocenters. The van der Waals surface area contributed by atoms with Gasteiger partial charge in [-0.3, -0.25) is 4.90 Å². The molecule has 0 aromatic carbocycles. The number of furan rings is 1. The van der Waals surface area contributed by atoms with Gasteiger partial charge in [-0.1, -0.05) is 13.3 Å². The topological polar surface area (TPSA) is 42.4 Å². The fourth-order valence-corrected chi connectivity index (χ4v) is 2.64. The first-order chi connectivity index (χ1) is 8.22. The van der Waals surface area contributed by atoms with Crippen LogP contribution in [0.1, 0.15) is 43.3 Å². The maximum Gasteiger partial charge on any atom is 0.118 e. The molecule has 0 radical (unpaired) electrons. The molecule has 1 fully saturated rings. The van der Waals surface area contributed by atoms with Gasteiger partial charge in [-0.25, -0.2) is 0 Å². The maximum atomic E-state index is 5.74. The van der Waals surface area contributed by atoms with E-state index in [2.05, 4.69) is 17.9 Å². The van der Waals surface area contributed by atoms with E-state index in [1.807, 2.05) is 6.92 Å². The Morgan fingerprint density at radius 1 is 1.41 bits per heavy atom. The molecule has 17 heavy (non-hydrogen) atoms. The Labute approximate surface area is 104 Å². The molecule has 3 nitrogen and oxygen atoms in total. The number of hydrogen-bond donors (Lipinski definition) is 1. The van der Waals surface area contributed by atoms with Crippen molar-refractivity contribution in [2.45, 2.75) is 46.2 Å². The zero-order valence-corrected chi connectivity index (χ0v) is 11.0.